The van der Waals surface area contributed by atoms with Crippen molar-refractivity contribution in [3.05, 3.63) is 23.3 Å². The lowest BCUT2D eigenvalue weighted by molar-refractivity contribution is 0.404. The topological polar surface area (TPSA) is 9.23 Å². The van der Waals surface area contributed by atoms with Gasteiger partial charge in [-0.15, -0.1) is 23.4 Å². The molecule has 0 aromatic heterocycles. The van der Waals surface area contributed by atoms with E-state index in [-0.39, 0.29) is 0 Å². The summed E-state index contributed by atoms with van der Waals surface area (Å²) in [4.78, 5) is 1.11. The third kappa shape index (κ3) is 2.55. The molecule has 13 heavy (non-hydrogen) atoms. The van der Waals surface area contributed by atoms with Crippen molar-refractivity contribution < 1.29 is 4.74 Å². The summed E-state index contributed by atoms with van der Waals surface area (Å²) in [5.41, 5.74) is 2.52. The molecule has 0 saturated heterocycles. The summed E-state index contributed by atoms with van der Waals surface area (Å²) >= 11 is 7.25. The average molecular weight is 217 g/mol. The summed E-state index contributed by atoms with van der Waals surface area (Å²) in [7, 11) is 1.68. The number of hydrogen-bond donors (Lipinski definition) is 0. The zero-order chi connectivity index (χ0) is 9.84. The Morgan fingerprint density at radius 2 is 1.92 bits per heavy atom. The largest absolute Gasteiger partial charge is 0.496 e. The molecule has 0 N–H and O–H groups in total. The zero-order valence-electron chi connectivity index (χ0n) is 8.06. The predicted molar refractivity (Wildman–Crippen MR) is 59.0 cm³/mol. The second kappa shape index (κ2) is 4.77. The van der Waals surface area contributed by atoms with Crippen LogP contribution < -0.4 is 4.74 Å². The lowest BCUT2D eigenvalue weighted by Gasteiger charge is -2.09. The van der Waals surface area contributed by atoms with E-state index in [0.717, 1.165) is 10.6 Å². The van der Waals surface area contributed by atoms with Crippen molar-refractivity contribution in [2.24, 2.45) is 0 Å². The lowest BCUT2D eigenvalue weighted by atomic mass is 10.1. The molecule has 0 atom stereocenters. The number of aryl methyl sites for hydroxylation is 2. The highest BCUT2D eigenvalue weighted by Crippen LogP contribution is 2.32. The number of benzene rings is 1. The van der Waals surface area contributed by atoms with E-state index < -0.39 is 0 Å². The summed E-state index contributed by atoms with van der Waals surface area (Å²) < 4.78 is 5.25. The van der Waals surface area contributed by atoms with Crippen LogP contribution in [0.25, 0.3) is 0 Å². The van der Waals surface area contributed by atoms with Crippen molar-refractivity contribution in [1.82, 2.24) is 0 Å². The molecule has 3 heteroatoms. The van der Waals surface area contributed by atoms with Crippen molar-refractivity contribution in [1.29, 1.82) is 0 Å². The Morgan fingerprint density at radius 1 is 1.31 bits per heavy atom. The summed E-state index contributed by atoms with van der Waals surface area (Å²) in [5.74, 6) is 0.911. The molecule has 0 amide bonds. The minimum atomic E-state index is 0.554. The van der Waals surface area contributed by atoms with Crippen LogP contribution in [0.3, 0.4) is 0 Å². The Balaban J connectivity index is 3.09. The van der Waals surface area contributed by atoms with Gasteiger partial charge in [-0.3, -0.25) is 0 Å². The quantitative estimate of drug-likeness (QED) is 0.564. The molecule has 0 aliphatic rings. The van der Waals surface area contributed by atoms with Gasteiger partial charge in [-0.2, -0.15) is 0 Å². The van der Waals surface area contributed by atoms with Crippen LogP contribution in [0, 0.1) is 13.8 Å². The van der Waals surface area contributed by atoms with Gasteiger partial charge in [0.2, 0.25) is 0 Å². The Morgan fingerprint density at radius 3 is 2.46 bits per heavy atom. The molecule has 72 valence electrons. The highest BCUT2D eigenvalue weighted by molar-refractivity contribution is 8.00. The van der Waals surface area contributed by atoms with Crippen molar-refractivity contribution in [2.75, 3.05) is 12.3 Å². The van der Waals surface area contributed by atoms with Crippen LogP contribution in [0.5, 0.6) is 5.75 Å². The minimum Gasteiger partial charge on any atom is -0.496 e. The van der Waals surface area contributed by atoms with Gasteiger partial charge in [0, 0.05) is 0 Å². The molecular weight excluding hydrogens is 204 g/mol. The van der Waals surface area contributed by atoms with Crippen LogP contribution in [0.2, 0.25) is 0 Å². The van der Waals surface area contributed by atoms with Crippen LogP contribution in [-0.4, -0.2) is 12.3 Å². The number of ether oxygens (including phenoxy) is 1. The van der Waals surface area contributed by atoms with Crippen LogP contribution in [0.1, 0.15) is 11.1 Å². The first-order chi connectivity index (χ1) is 6.19. The molecule has 0 unspecified atom stereocenters. The first-order valence-electron chi connectivity index (χ1n) is 4.03. The van der Waals surface area contributed by atoms with E-state index in [0.29, 0.717) is 5.21 Å². The van der Waals surface area contributed by atoms with Gasteiger partial charge in [-0.1, -0.05) is 0 Å². The van der Waals surface area contributed by atoms with Gasteiger partial charge in [0.25, 0.3) is 0 Å². The summed E-state index contributed by atoms with van der Waals surface area (Å²) in [6.07, 6.45) is 0. The normalized spacial score (nSPS) is 10.2. The number of halogens is 1. The van der Waals surface area contributed by atoms with Gasteiger partial charge in [0.05, 0.1) is 17.2 Å². The Bertz CT molecular complexity index is 299. The predicted octanol–water partition coefficient (Wildman–Crippen LogP) is 3.60. The molecule has 0 aliphatic carbocycles. The molecule has 0 bridgehead atoms. The summed E-state index contributed by atoms with van der Waals surface area (Å²) in [6, 6.07) is 4.16. The SMILES string of the molecule is COc1cc(C)c(C)cc1SCCl. The number of alkyl halides is 1. The number of hydrogen-bond acceptors (Lipinski definition) is 2. The van der Waals surface area contributed by atoms with E-state index in [1.165, 1.54) is 11.1 Å². The Kier molecular flexibility index (Phi) is 3.94. The maximum Gasteiger partial charge on any atom is 0.132 e. The molecule has 0 spiro atoms. The lowest BCUT2D eigenvalue weighted by Crippen LogP contribution is -1.90. The zero-order valence-corrected chi connectivity index (χ0v) is 9.63. The second-order valence-electron chi connectivity index (χ2n) is 2.84. The highest BCUT2D eigenvalue weighted by Gasteiger charge is 2.05. The standard InChI is InChI=1S/C10H13ClOS/c1-7-4-9(12-3)10(13-6-11)5-8(7)2/h4-5H,6H2,1-3H3. The van der Waals surface area contributed by atoms with E-state index in [4.69, 9.17) is 16.3 Å². The van der Waals surface area contributed by atoms with Crippen molar-refractivity contribution >= 4 is 23.4 Å². The first-order valence-corrected chi connectivity index (χ1v) is 5.55. The van der Waals surface area contributed by atoms with E-state index >= 15 is 0 Å². The van der Waals surface area contributed by atoms with Crippen LogP contribution in [0.4, 0.5) is 0 Å². The minimum absolute atomic E-state index is 0.554. The van der Waals surface area contributed by atoms with Crippen molar-refractivity contribution in [3.8, 4) is 5.75 Å². The summed E-state index contributed by atoms with van der Waals surface area (Å²) in [5, 5.41) is 0.554. The molecule has 0 fully saturated rings. The van der Waals surface area contributed by atoms with Crippen molar-refractivity contribution in [2.45, 2.75) is 18.7 Å². The maximum atomic E-state index is 5.66. The van der Waals surface area contributed by atoms with Gasteiger partial charge in [0.15, 0.2) is 0 Å². The maximum absolute atomic E-state index is 5.66. The molecule has 0 heterocycles. The van der Waals surface area contributed by atoms with Crippen molar-refractivity contribution in [3.63, 3.8) is 0 Å². The molecule has 0 saturated carbocycles. The number of thioether (sulfide) groups is 1. The molecule has 1 aromatic carbocycles. The molecular formula is C10H13ClOS. The average Bonchev–Trinajstić information content (AvgIpc) is 2.11. The first kappa shape index (κ1) is 10.7. The van der Waals surface area contributed by atoms with E-state index in [1.54, 1.807) is 18.9 Å². The monoisotopic (exact) mass is 216 g/mol. The highest BCUT2D eigenvalue weighted by atomic mass is 35.5. The van der Waals surface area contributed by atoms with Gasteiger partial charge < -0.3 is 4.74 Å². The van der Waals surface area contributed by atoms with E-state index in [9.17, 15) is 0 Å². The van der Waals surface area contributed by atoms with Gasteiger partial charge in [-0.05, 0) is 37.1 Å². The summed E-state index contributed by atoms with van der Waals surface area (Å²) in [6.45, 7) is 4.17. The van der Waals surface area contributed by atoms with Gasteiger partial charge >= 0.3 is 0 Å². The third-order valence-electron chi connectivity index (χ3n) is 1.99. The fourth-order valence-electron chi connectivity index (χ4n) is 1.09. The third-order valence-corrected chi connectivity index (χ3v) is 3.06. The molecule has 0 radical (unpaired) electrons. The van der Waals surface area contributed by atoms with E-state index in [2.05, 4.69) is 19.9 Å². The molecule has 1 aromatic rings. The van der Waals surface area contributed by atoms with E-state index in [1.807, 2.05) is 6.07 Å². The number of methoxy groups -OCH3 is 1. The fraction of sp³-hybridized carbons (Fsp3) is 0.400. The van der Waals surface area contributed by atoms with Gasteiger partial charge in [0.1, 0.15) is 5.75 Å². The second-order valence-corrected chi connectivity index (χ2v) is 4.44. The number of rotatable bonds is 3. The van der Waals surface area contributed by atoms with Crippen LogP contribution in [-0.2, 0) is 0 Å². The van der Waals surface area contributed by atoms with Gasteiger partial charge in [-0.25, -0.2) is 0 Å². The van der Waals surface area contributed by atoms with Crippen LogP contribution >= 0.6 is 23.4 Å². The molecule has 1 nitrogen and oxygen atoms in total. The Hall–Kier alpha value is -0.340. The fourth-order valence-corrected chi connectivity index (χ4v) is 2.11. The van der Waals surface area contributed by atoms with Crippen LogP contribution in [0.15, 0.2) is 17.0 Å². The smallest absolute Gasteiger partial charge is 0.132 e. The molecule has 1 rings (SSSR count). The molecule has 0 aliphatic heterocycles. The Labute approximate surface area is 88.4 Å².